The highest BCUT2D eigenvalue weighted by Crippen LogP contribution is 2.45. The maximum atomic E-state index is 11.6. The third kappa shape index (κ3) is 1.83. The van der Waals surface area contributed by atoms with E-state index in [0.717, 1.165) is 0 Å². The van der Waals surface area contributed by atoms with Gasteiger partial charge in [-0.3, -0.25) is 9.69 Å². The van der Waals surface area contributed by atoms with Crippen molar-refractivity contribution in [3.05, 3.63) is 35.9 Å². The third-order valence-corrected chi connectivity index (χ3v) is 3.03. The summed E-state index contributed by atoms with van der Waals surface area (Å²) in [6.45, 7) is 4.19. The first-order chi connectivity index (χ1) is 7.66. The Morgan fingerprint density at radius 2 is 1.94 bits per heavy atom. The van der Waals surface area contributed by atoms with Crippen LogP contribution < -0.4 is 0 Å². The smallest absolute Gasteiger partial charge is 0.325 e. The predicted octanol–water partition coefficient (Wildman–Crippen LogP) is 1.99. The molecule has 0 bridgehead atoms. The molecule has 3 unspecified atom stereocenters. The summed E-state index contributed by atoms with van der Waals surface area (Å²) in [6, 6.07) is 10.5. The molecular formula is C13H17NO2. The molecule has 3 atom stereocenters. The average Bonchev–Trinajstić information content (AvgIpc) is 3.04. The highest BCUT2D eigenvalue weighted by molar-refractivity contribution is 5.80. The molecule has 86 valence electrons. The number of rotatable bonds is 3. The van der Waals surface area contributed by atoms with Crippen molar-refractivity contribution in [2.24, 2.45) is 0 Å². The number of carbonyl (C=O) groups excluding carboxylic acids is 1. The van der Waals surface area contributed by atoms with Crippen molar-refractivity contribution in [1.29, 1.82) is 0 Å². The zero-order chi connectivity index (χ0) is 11.7. The summed E-state index contributed by atoms with van der Waals surface area (Å²) < 4.78 is 4.83. The second kappa shape index (κ2) is 4.26. The van der Waals surface area contributed by atoms with E-state index in [2.05, 4.69) is 30.9 Å². The Morgan fingerprint density at radius 3 is 2.44 bits per heavy atom. The molecule has 1 fully saturated rings. The van der Waals surface area contributed by atoms with Gasteiger partial charge in [0.05, 0.1) is 13.2 Å². The molecular weight excluding hydrogens is 202 g/mol. The van der Waals surface area contributed by atoms with E-state index in [1.807, 2.05) is 18.2 Å². The summed E-state index contributed by atoms with van der Waals surface area (Å²) in [5.74, 6) is -0.137. The second-order valence-corrected chi connectivity index (χ2v) is 4.36. The largest absolute Gasteiger partial charge is 0.468 e. The van der Waals surface area contributed by atoms with Crippen LogP contribution in [-0.2, 0) is 9.53 Å². The Morgan fingerprint density at radius 1 is 1.31 bits per heavy atom. The lowest BCUT2D eigenvalue weighted by Gasteiger charge is -2.07. The zero-order valence-electron chi connectivity index (χ0n) is 9.88. The molecule has 1 aromatic carbocycles. The number of methoxy groups -OCH3 is 1. The number of carbonyl (C=O) groups is 1. The van der Waals surface area contributed by atoms with Crippen molar-refractivity contribution in [1.82, 2.24) is 4.90 Å². The molecule has 16 heavy (non-hydrogen) atoms. The van der Waals surface area contributed by atoms with Gasteiger partial charge in [-0.2, -0.15) is 0 Å². The van der Waals surface area contributed by atoms with Crippen LogP contribution in [0, 0.1) is 0 Å². The first-order valence-electron chi connectivity index (χ1n) is 5.57. The summed E-state index contributed by atoms with van der Waals surface area (Å²) in [4.78, 5) is 13.8. The first-order valence-corrected chi connectivity index (χ1v) is 5.57. The SMILES string of the molecule is COC(=O)C1C(c2ccccc2)N1C(C)C. The van der Waals surface area contributed by atoms with Crippen LogP contribution in [0.3, 0.4) is 0 Å². The van der Waals surface area contributed by atoms with Gasteiger partial charge in [0.2, 0.25) is 0 Å². The lowest BCUT2D eigenvalue weighted by atomic mass is 10.1. The highest BCUT2D eigenvalue weighted by Gasteiger charge is 2.55. The van der Waals surface area contributed by atoms with E-state index in [1.54, 1.807) is 0 Å². The zero-order valence-corrected chi connectivity index (χ0v) is 9.88. The molecule has 0 spiro atoms. The predicted molar refractivity (Wildman–Crippen MR) is 62.0 cm³/mol. The average molecular weight is 219 g/mol. The van der Waals surface area contributed by atoms with Crippen molar-refractivity contribution >= 4 is 5.97 Å². The molecule has 0 saturated carbocycles. The van der Waals surface area contributed by atoms with Gasteiger partial charge in [-0.25, -0.2) is 0 Å². The first kappa shape index (κ1) is 11.1. The number of hydrogen-bond donors (Lipinski definition) is 0. The molecule has 1 saturated heterocycles. The van der Waals surface area contributed by atoms with Gasteiger partial charge < -0.3 is 4.74 Å². The molecule has 0 aromatic heterocycles. The summed E-state index contributed by atoms with van der Waals surface area (Å²) in [7, 11) is 1.45. The summed E-state index contributed by atoms with van der Waals surface area (Å²) in [5, 5.41) is 0. The van der Waals surface area contributed by atoms with Crippen LogP contribution in [0.25, 0.3) is 0 Å². The van der Waals surface area contributed by atoms with E-state index in [4.69, 9.17) is 4.74 Å². The van der Waals surface area contributed by atoms with Crippen LogP contribution in [0.4, 0.5) is 0 Å². The lowest BCUT2D eigenvalue weighted by Crippen LogP contribution is -2.19. The molecule has 1 heterocycles. The van der Waals surface area contributed by atoms with Crippen LogP contribution in [0.1, 0.15) is 25.5 Å². The van der Waals surface area contributed by atoms with Crippen molar-refractivity contribution in [3.63, 3.8) is 0 Å². The summed E-state index contributed by atoms with van der Waals surface area (Å²) in [5.41, 5.74) is 1.19. The third-order valence-electron chi connectivity index (χ3n) is 3.03. The summed E-state index contributed by atoms with van der Waals surface area (Å²) in [6.07, 6.45) is 0. The van der Waals surface area contributed by atoms with Crippen LogP contribution >= 0.6 is 0 Å². The fourth-order valence-electron chi connectivity index (χ4n) is 2.27. The van der Waals surface area contributed by atoms with Crippen LogP contribution in [-0.4, -0.2) is 30.1 Å². The molecule has 1 aromatic rings. The molecule has 0 radical (unpaired) electrons. The molecule has 3 nitrogen and oxygen atoms in total. The van der Waals surface area contributed by atoms with Crippen molar-refractivity contribution < 1.29 is 9.53 Å². The minimum absolute atomic E-state index is 0.104. The summed E-state index contributed by atoms with van der Waals surface area (Å²) >= 11 is 0. The maximum Gasteiger partial charge on any atom is 0.325 e. The van der Waals surface area contributed by atoms with Gasteiger partial charge in [0, 0.05) is 6.04 Å². The van der Waals surface area contributed by atoms with E-state index in [0.29, 0.717) is 6.04 Å². The number of esters is 1. The Balaban J connectivity index is 2.19. The van der Waals surface area contributed by atoms with Crippen molar-refractivity contribution in [2.45, 2.75) is 32.0 Å². The fraction of sp³-hybridized carbons (Fsp3) is 0.462. The van der Waals surface area contributed by atoms with Gasteiger partial charge in [0.15, 0.2) is 0 Å². The number of benzene rings is 1. The van der Waals surface area contributed by atoms with Crippen LogP contribution in [0.5, 0.6) is 0 Å². The number of ether oxygens (including phenoxy) is 1. The second-order valence-electron chi connectivity index (χ2n) is 4.36. The van der Waals surface area contributed by atoms with Crippen molar-refractivity contribution in [2.75, 3.05) is 7.11 Å². The Hall–Kier alpha value is -1.35. The monoisotopic (exact) mass is 219 g/mol. The van der Waals surface area contributed by atoms with Crippen LogP contribution in [0.15, 0.2) is 30.3 Å². The molecule has 0 amide bonds. The molecule has 0 N–H and O–H groups in total. The minimum Gasteiger partial charge on any atom is -0.468 e. The standard InChI is InChI=1S/C13H17NO2/c1-9(2)14-11(12(14)13(15)16-3)10-7-5-4-6-8-10/h4-9,11-12H,1-3H3. The molecule has 1 aliphatic heterocycles. The Labute approximate surface area is 96.0 Å². The molecule has 1 aliphatic rings. The van der Waals surface area contributed by atoms with Crippen molar-refractivity contribution in [3.8, 4) is 0 Å². The highest BCUT2D eigenvalue weighted by atomic mass is 16.5. The van der Waals surface area contributed by atoms with Gasteiger partial charge in [0.25, 0.3) is 0 Å². The topological polar surface area (TPSA) is 29.3 Å². The van der Waals surface area contributed by atoms with Gasteiger partial charge in [-0.1, -0.05) is 30.3 Å². The normalized spacial score (nSPS) is 27.9. The lowest BCUT2D eigenvalue weighted by molar-refractivity contribution is -0.141. The van der Waals surface area contributed by atoms with E-state index < -0.39 is 0 Å². The quantitative estimate of drug-likeness (QED) is 0.575. The molecule has 2 rings (SSSR count). The molecule has 3 heteroatoms. The molecule has 0 aliphatic carbocycles. The van der Waals surface area contributed by atoms with E-state index in [-0.39, 0.29) is 18.1 Å². The number of nitrogens with zero attached hydrogens (tertiary/aromatic N) is 1. The Kier molecular flexibility index (Phi) is 2.97. The van der Waals surface area contributed by atoms with E-state index in [9.17, 15) is 4.79 Å². The minimum atomic E-state index is -0.137. The van der Waals surface area contributed by atoms with E-state index >= 15 is 0 Å². The van der Waals surface area contributed by atoms with Gasteiger partial charge in [0.1, 0.15) is 6.04 Å². The van der Waals surface area contributed by atoms with Crippen LogP contribution in [0.2, 0.25) is 0 Å². The number of hydrogen-bond acceptors (Lipinski definition) is 3. The fourth-order valence-corrected chi connectivity index (χ4v) is 2.27. The van der Waals surface area contributed by atoms with Gasteiger partial charge in [-0.15, -0.1) is 0 Å². The maximum absolute atomic E-state index is 11.6. The van der Waals surface area contributed by atoms with Gasteiger partial charge in [-0.05, 0) is 19.4 Å². The van der Waals surface area contributed by atoms with E-state index in [1.165, 1.54) is 12.7 Å². The Bertz CT molecular complexity index is 375. The van der Waals surface area contributed by atoms with Gasteiger partial charge >= 0.3 is 5.97 Å².